The van der Waals surface area contributed by atoms with E-state index < -0.39 is 5.67 Å². The van der Waals surface area contributed by atoms with Gasteiger partial charge in [-0.25, -0.2) is 4.39 Å². The zero-order chi connectivity index (χ0) is 10.2. The number of hydrogen-bond acceptors (Lipinski definition) is 1. The van der Waals surface area contributed by atoms with Crippen molar-refractivity contribution in [3.8, 4) is 0 Å². The monoisotopic (exact) mass is 213 g/mol. The van der Waals surface area contributed by atoms with Crippen molar-refractivity contribution < 1.29 is 4.39 Å². The Morgan fingerprint density at radius 1 is 1.57 bits per heavy atom. The lowest BCUT2D eigenvalue weighted by Crippen LogP contribution is -2.53. The predicted octanol–water partition coefficient (Wildman–Crippen LogP) is 2.89. The van der Waals surface area contributed by atoms with Gasteiger partial charge in [-0.3, -0.25) is 0 Å². The summed E-state index contributed by atoms with van der Waals surface area (Å²) in [6.45, 7) is 2.51. The highest BCUT2D eigenvalue weighted by Gasteiger charge is 2.39. The van der Waals surface area contributed by atoms with Gasteiger partial charge in [-0.1, -0.05) is 23.7 Å². The molecule has 76 valence electrons. The molecule has 0 amide bonds. The summed E-state index contributed by atoms with van der Waals surface area (Å²) in [7, 11) is 0. The second-order valence-electron chi connectivity index (χ2n) is 3.88. The maximum absolute atomic E-state index is 14.3. The Balaban J connectivity index is 2.28. The molecule has 14 heavy (non-hydrogen) atoms. The molecule has 1 aliphatic rings. The Labute approximate surface area is 88.3 Å². The quantitative estimate of drug-likeness (QED) is 0.797. The third-order valence-corrected chi connectivity index (χ3v) is 3.10. The van der Waals surface area contributed by atoms with Crippen molar-refractivity contribution in [3.05, 3.63) is 34.9 Å². The highest BCUT2D eigenvalue weighted by molar-refractivity contribution is 6.30. The summed E-state index contributed by atoms with van der Waals surface area (Å²) < 4.78 is 14.3. The molecule has 0 bridgehead atoms. The maximum Gasteiger partial charge on any atom is 0.148 e. The van der Waals surface area contributed by atoms with E-state index in [0.29, 0.717) is 10.6 Å². The molecular weight excluding hydrogens is 201 g/mol. The Morgan fingerprint density at radius 3 is 2.79 bits per heavy atom. The molecule has 1 nitrogen and oxygen atoms in total. The summed E-state index contributed by atoms with van der Waals surface area (Å²) in [6, 6.07) is 6.96. The zero-order valence-corrected chi connectivity index (χ0v) is 8.81. The summed E-state index contributed by atoms with van der Waals surface area (Å²) in [5.74, 6) is 0. The first-order chi connectivity index (χ1) is 6.60. The molecule has 0 saturated carbocycles. The average molecular weight is 214 g/mol. The van der Waals surface area contributed by atoms with Crippen LogP contribution in [0.1, 0.15) is 18.9 Å². The minimum Gasteiger partial charge on any atom is -0.311 e. The number of rotatable bonds is 2. The first-order valence-corrected chi connectivity index (χ1v) is 5.17. The van der Waals surface area contributed by atoms with Crippen LogP contribution in [0.4, 0.5) is 4.39 Å². The van der Waals surface area contributed by atoms with Crippen LogP contribution < -0.4 is 5.32 Å². The first kappa shape index (κ1) is 9.94. The third-order valence-electron chi connectivity index (χ3n) is 2.87. The minimum atomic E-state index is -1.32. The number of alkyl halides is 1. The molecule has 1 heterocycles. The average Bonchev–Trinajstić information content (AvgIpc) is 2.00. The van der Waals surface area contributed by atoms with Gasteiger partial charge >= 0.3 is 0 Å². The van der Waals surface area contributed by atoms with Gasteiger partial charge in [-0.2, -0.15) is 0 Å². The highest BCUT2D eigenvalue weighted by atomic mass is 35.5. The van der Waals surface area contributed by atoms with Gasteiger partial charge in [0, 0.05) is 11.1 Å². The first-order valence-electron chi connectivity index (χ1n) is 4.79. The summed E-state index contributed by atoms with van der Waals surface area (Å²) in [5, 5.41) is 3.67. The fourth-order valence-electron chi connectivity index (χ4n) is 1.75. The highest BCUT2D eigenvalue weighted by Crippen LogP contribution is 2.34. The number of hydrogen-bond donors (Lipinski definition) is 1. The fourth-order valence-corrected chi connectivity index (χ4v) is 1.94. The van der Waals surface area contributed by atoms with E-state index in [1.807, 2.05) is 0 Å². The molecule has 2 atom stereocenters. The molecule has 0 spiro atoms. The van der Waals surface area contributed by atoms with E-state index in [9.17, 15) is 4.39 Å². The third kappa shape index (κ3) is 1.64. The Bertz CT molecular complexity index is 334. The largest absolute Gasteiger partial charge is 0.311 e. The van der Waals surface area contributed by atoms with Crippen molar-refractivity contribution in [2.24, 2.45) is 0 Å². The Kier molecular flexibility index (Phi) is 2.50. The SMILES string of the molecule is CC(F)(c1cccc(Cl)c1)C1CCN1. The lowest BCUT2D eigenvalue weighted by atomic mass is 9.84. The van der Waals surface area contributed by atoms with Crippen molar-refractivity contribution in [3.63, 3.8) is 0 Å². The van der Waals surface area contributed by atoms with Gasteiger partial charge in [0.25, 0.3) is 0 Å². The van der Waals surface area contributed by atoms with Crippen LogP contribution in [0.2, 0.25) is 5.02 Å². The van der Waals surface area contributed by atoms with Crippen LogP contribution in [-0.4, -0.2) is 12.6 Å². The topological polar surface area (TPSA) is 12.0 Å². The Morgan fingerprint density at radius 2 is 2.29 bits per heavy atom. The van der Waals surface area contributed by atoms with Crippen LogP contribution in [-0.2, 0) is 5.67 Å². The van der Waals surface area contributed by atoms with Gasteiger partial charge in [-0.05, 0) is 37.6 Å². The number of halogens is 2. The van der Waals surface area contributed by atoms with Crippen molar-refractivity contribution in [1.29, 1.82) is 0 Å². The lowest BCUT2D eigenvalue weighted by molar-refractivity contribution is 0.0858. The van der Waals surface area contributed by atoms with Crippen molar-refractivity contribution in [2.75, 3.05) is 6.54 Å². The minimum absolute atomic E-state index is 0.0685. The van der Waals surface area contributed by atoms with E-state index in [-0.39, 0.29) is 6.04 Å². The van der Waals surface area contributed by atoms with Crippen molar-refractivity contribution >= 4 is 11.6 Å². The molecule has 2 rings (SSSR count). The van der Waals surface area contributed by atoms with Gasteiger partial charge in [-0.15, -0.1) is 0 Å². The molecule has 1 N–H and O–H groups in total. The molecule has 1 fully saturated rings. The van der Waals surface area contributed by atoms with Crippen LogP contribution in [0.15, 0.2) is 24.3 Å². The van der Waals surface area contributed by atoms with Crippen LogP contribution in [0.5, 0.6) is 0 Å². The second-order valence-corrected chi connectivity index (χ2v) is 4.32. The van der Waals surface area contributed by atoms with Gasteiger partial charge in [0.15, 0.2) is 0 Å². The van der Waals surface area contributed by atoms with Crippen LogP contribution in [0.25, 0.3) is 0 Å². The van der Waals surface area contributed by atoms with Crippen molar-refractivity contribution in [1.82, 2.24) is 5.32 Å². The smallest absolute Gasteiger partial charge is 0.148 e. The summed E-state index contributed by atoms with van der Waals surface area (Å²) >= 11 is 5.83. The predicted molar refractivity (Wildman–Crippen MR) is 56.3 cm³/mol. The van der Waals surface area contributed by atoms with Gasteiger partial charge in [0.2, 0.25) is 0 Å². The van der Waals surface area contributed by atoms with Gasteiger partial charge in [0.1, 0.15) is 5.67 Å². The Hall–Kier alpha value is -0.600. The van der Waals surface area contributed by atoms with Crippen LogP contribution in [0, 0.1) is 0 Å². The van der Waals surface area contributed by atoms with E-state index in [2.05, 4.69) is 5.32 Å². The summed E-state index contributed by atoms with van der Waals surface area (Å²) in [6.07, 6.45) is 0.888. The molecule has 0 radical (unpaired) electrons. The fraction of sp³-hybridized carbons (Fsp3) is 0.455. The molecule has 1 aliphatic heterocycles. The van der Waals surface area contributed by atoms with Crippen molar-refractivity contribution in [2.45, 2.75) is 25.1 Å². The van der Waals surface area contributed by atoms with Gasteiger partial charge < -0.3 is 5.32 Å². The molecule has 0 aromatic heterocycles. The van der Waals surface area contributed by atoms with Crippen LogP contribution >= 0.6 is 11.6 Å². The van der Waals surface area contributed by atoms with E-state index >= 15 is 0 Å². The summed E-state index contributed by atoms with van der Waals surface area (Å²) in [5.41, 5.74) is -0.662. The van der Waals surface area contributed by atoms with E-state index in [0.717, 1.165) is 13.0 Å². The molecule has 3 heteroatoms. The standard InChI is InChI=1S/C11H13ClFN/c1-11(13,10-5-6-14-10)8-3-2-4-9(12)7-8/h2-4,7,10,14H,5-6H2,1H3. The van der Waals surface area contributed by atoms with E-state index in [1.165, 1.54) is 0 Å². The molecule has 2 unspecified atom stereocenters. The molecular formula is C11H13ClFN. The zero-order valence-electron chi connectivity index (χ0n) is 8.06. The normalized spacial score (nSPS) is 25.2. The molecule has 0 aliphatic carbocycles. The second kappa shape index (κ2) is 3.52. The lowest BCUT2D eigenvalue weighted by Gasteiger charge is -2.38. The summed E-state index contributed by atoms with van der Waals surface area (Å²) in [4.78, 5) is 0. The van der Waals surface area contributed by atoms with Crippen LogP contribution in [0.3, 0.4) is 0 Å². The molecule has 1 saturated heterocycles. The van der Waals surface area contributed by atoms with E-state index in [4.69, 9.17) is 11.6 Å². The van der Waals surface area contributed by atoms with Gasteiger partial charge in [0.05, 0.1) is 0 Å². The molecule has 1 aromatic rings. The molecule has 1 aromatic carbocycles. The van der Waals surface area contributed by atoms with E-state index in [1.54, 1.807) is 31.2 Å². The maximum atomic E-state index is 14.3. The number of benzene rings is 1. The number of nitrogens with one attached hydrogen (secondary N) is 1.